The Kier molecular flexibility index (Phi) is 8.35. The highest BCUT2D eigenvalue weighted by atomic mass is 32.2. The highest BCUT2D eigenvalue weighted by Crippen LogP contribution is 2.19. The van der Waals surface area contributed by atoms with Crippen LogP contribution in [0.3, 0.4) is 0 Å². The smallest absolute Gasteiger partial charge is 0.218 e. The summed E-state index contributed by atoms with van der Waals surface area (Å²) in [5, 5.41) is 16.3. The second kappa shape index (κ2) is 10.8. The number of aliphatic hydroxyl groups is 1. The van der Waals surface area contributed by atoms with Gasteiger partial charge in [-0.25, -0.2) is 12.7 Å². The second-order valence-corrected chi connectivity index (χ2v) is 11.4. The van der Waals surface area contributed by atoms with Crippen LogP contribution < -0.4 is 10.8 Å². The fourth-order valence-electron chi connectivity index (χ4n) is 3.92. The lowest BCUT2D eigenvalue weighted by atomic mass is 9.73. The number of sulfonamides is 1. The van der Waals surface area contributed by atoms with Crippen LogP contribution in [0.2, 0.25) is 6.82 Å². The van der Waals surface area contributed by atoms with Crippen molar-refractivity contribution in [1.29, 1.82) is 0 Å². The molecule has 0 spiro atoms. The topological polar surface area (TPSA) is 69.6 Å². The van der Waals surface area contributed by atoms with Gasteiger partial charge in [-0.2, -0.15) is 0 Å². The van der Waals surface area contributed by atoms with E-state index in [2.05, 4.69) is 49.5 Å². The van der Waals surface area contributed by atoms with Crippen molar-refractivity contribution in [2.45, 2.75) is 44.5 Å². The van der Waals surface area contributed by atoms with E-state index in [9.17, 15) is 13.5 Å². The van der Waals surface area contributed by atoms with Crippen molar-refractivity contribution < 1.29 is 13.5 Å². The van der Waals surface area contributed by atoms with E-state index in [0.717, 1.165) is 17.4 Å². The second-order valence-electron chi connectivity index (χ2n) is 9.34. The minimum atomic E-state index is -3.52. The van der Waals surface area contributed by atoms with Crippen molar-refractivity contribution in [2.24, 2.45) is 0 Å². The third kappa shape index (κ3) is 7.40. The van der Waals surface area contributed by atoms with Crippen LogP contribution in [0.15, 0.2) is 66.7 Å². The average molecular weight is 465 g/mol. The lowest BCUT2D eigenvalue weighted by Gasteiger charge is -2.29. The first kappa shape index (κ1) is 25.4. The first-order valence-electron chi connectivity index (χ1n) is 11.3. The minimum Gasteiger partial charge on any atom is -0.390 e. The Balaban J connectivity index is 1.52. The molecule has 0 heterocycles. The highest BCUT2D eigenvalue weighted by Gasteiger charge is 2.24. The monoisotopic (exact) mass is 465 g/mol. The maximum Gasteiger partial charge on any atom is 0.218 e. The van der Waals surface area contributed by atoms with Crippen molar-refractivity contribution in [3.05, 3.63) is 77.9 Å². The molecule has 0 saturated carbocycles. The summed E-state index contributed by atoms with van der Waals surface area (Å²) in [6.07, 6.45) is -0.0122. The van der Waals surface area contributed by atoms with Gasteiger partial charge in [0.25, 0.3) is 0 Å². The molecule has 5 nitrogen and oxygen atoms in total. The third-order valence-electron chi connectivity index (χ3n) is 5.88. The van der Waals surface area contributed by atoms with Crippen molar-refractivity contribution in [1.82, 2.24) is 9.62 Å². The molecule has 3 aromatic rings. The number of nitrogens with one attached hydrogen (secondary N) is 1. The van der Waals surface area contributed by atoms with Crippen LogP contribution in [0.25, 0.3) is 10.8 Å². The van der Waals surface area contributed by atoms with Crippen LogP contribution in [-0.4, -0.2) is 56.9 Å². The molecule has 2 N–H and O–H groups in total. The van der Waals surface area contributed by atoms with Gasteiger partial charge < -0.3 is 10.4 Å². The van der Waals surface area contributed by atoms with E-state index in [-0.39, 0.29) is 17.8 Å². The molecule has 0 bridgehead atoms. The van der Waals surface area contributed by atoms with E-state index < -0.39 is 16.1 Å². The van der Waals surface area contributed by atoms with Gasteiger partial charge in [0.05, 0.1) is 11.9 Å². The average Bonchev–Trinajstić information content (AvgIpc) is 2.77. The van der Waals surface area contributed by atoms with Gasteiger partial charge >= 0.3 is 0 Å². The van der Waals surface area contributed by atoms with Crippen LogP contribution in [0.5, 0.6) is 0 Å². The predicted octanol–water partition coefficient (Wildman–Crippen LogP) is 2.95. The van der Waals surface area contributed by atoms with Crippen LogP contribution >= 0.6 is 0 Å². The van der Waals surface area contributed by atoms with E-state index in [4.69, 9.17) is 0 Å². The quantitative estimate of drug-likeness (QED) is 0.428. The number of hydrogen-bond acceptors (Lipinski definition) is 4. The SMILES string of the molecule is C[B]c1ccc(CS(=O)(=O)N(C)CC(O)CNC(C)(C)Cc2ccc3ccccc3c2)cc1. The lowest BCUT2D eigenvalue weighted by molar-refractivity contribution is 0.139. The number of benzene rings is 3. The zero-order valence-electron chi connectivity index (χ0n) is 20.0. The molecule has 1 radical (unpaired) electrons. The van der Waals surface area contributed by atoms with Gasteiger partial charge in [0, 0.05) is 25.7 Å². The van der Waals surface area contributed by atoms with Gasteiger partial charge in [-0.15, -0.1) is 0 Å². The Morgan fingerprint density at radius 2 is 1.64 bits per heavy atom. The van der Waals surface area contributed by atoms with Crippen LogP contribution in [0, 0.1) is 0 Å². The number of rotatable bonds is 11. The van der Waals surface area contributed by atoms with E-state index in [1.54, 1.807) is 0 Å². The molecule has 0 aliphatic heterocycles. The van der Waals surface area contributed by atoms with Crippen molar-refractivity contribution in [2.75, 3.05) is 20.1 Å². The Morgan fingerprint density at radius 1 is 1.00 bits per heavy atom. The van der Waals surface area contributed by atoms with E-state index in [0.29, 0.717) is 6.54 Å². The molecule has 0 fully saturated rings. The van der Waals surface area contributed by atoms with Gasteiger partial charge in [-0.1, -0.05) is 79.0 Å². The molecular formula is C26H34BN2O3S. The van der Waals surface area contributed by atoms with Crippen molar-refractivity contribution >= 4 is 33.5 Å². The molecule has 0 aromatic heterocycles. The summed E-state index contributed by atoms with van der Waals surface area (Å²) in [6.45, 7) is 6.47. The summed E-state index contributed by atoms with van der Waals surface area (Å²) in [4.78, 5) is 0. The molecule has 0 saturated heterocycles. The van der Waals surface area contributed by atoms with Gasteiger partial charge in [0.15, 0.2) is 0 Å². The number of β-amino-alcohol motifs (C(OH)–C–C–N with tert-alkyl or cyclic N) is 1. The molecule has 0 amide bonds. The first-order valence-corrected chi connectivity index (χ1v) is 12.9. The molecule has 0 aliphatic carbocycles. The van der Waals surface area contributed by atoms with Crippen LogP contribution in [-0.2, 0) is 22.2 Å². The van der Waals surface area contributed by atoms with E-state index in [1.165, 1.54) is 27.7 Å². The fourth-order valence-corrected chi connectivity index (χ4v) is 5.15. The number of fused-ring (bicyclic) bond motifs is 1. The molecule has 0 aliphatic rings. The van der Waals surface area contributed by atoms with Crippen molar-refractivity contribution in [3.63, 3.8) is 0 Å². The van der Waals surface area contributed by atoms with E-state index >= 15 is 0 Å². The molecule has 3 aromatic carbocycles. The zero-order valence-corrected chi connectivity index (χ0v) is 20.8. The number of aliphatic hydroxyl groups excluding tert-OH is 1. The summed E-state index contributed by atoms with van der Waals surface area (Å²) in [5.74, 6) is -0.0822. The van der Waals surface area contributed by atoms with Gasteiger partial charge in [0.2, 0.25) is 10.0 Å². The zero-order chi connectivity index (χ0) is 24.1. The largest absolute Gasteiger partial charge is 0.390 e. The standard InChI is InChI=1S/C26H34BN2O3S/c1-26(2,16-21-9-12-22-7-5-6-8-23(22)15-21)28-17-25(30)18-29(4)33(31,32)19-20-10-13-24(27-3)14-11-20/h5-15,25,28,30H,16-19H2,1-4H3. The van der Waals surface area contributed by atoms with Crippen LogP contribution in [0.1, 0.15) is 25.0 Å². The number of likely N-dealkylation sites (N-methyl/N-ethyl adjacent to an activating group) is 1. The Bertz CT molecular complexity index is 1160. The lowest BCUT2D eigenvalue weighted by Crippen LogP contribution is -2.47. The Hall–Kier alpha value is -2.19. The fraction of sp³-hybridized carbons (Fsp3) is 0.385. The van der Waals surface area contributed by atoms with Crippen LogP contribution in [0.4, 0.5) is 0 Å². The molecule has 7 heteroatoms. The Labute approximate surface area is 199 Å². The number of hydrogen-bond donors (Lipinski definition) is 2. The summed E-state index contributed by atoms with van der Waals surface area (Å²) in [7, 11) is -0.0274. The summed E-state index contributed by atoms with van der Waals surface area (Å²) in [5.41, 5.74) is 2.75. The van der Waals surface area contributed by atoms with Crippen molar-refractivity contribution in [3.8, 4) is 0 Å². The maximum atomic E-state index is 12.7. The van der Waals surface area contributed by atoms with E-state index in [1.807, 2.05) is 50.5 Å². The predicted molar refractivity (Wildman–Crippen MR) is 139 cm³/mol. The molecular weight excluding hydrogens is 431 g/mol. The van der Waals surface area contributed by atoms with Gasteiger partial charge in [-0.05, 0) is 42.2 Å². The number of nitrogens with zero attached hydrogens (tertiary/aromatic N) is 1. The summed E-state index contributed by atoms with van der Waals surface area (Å²) >= 11 is 0. The molecule has 33 heavy (non-hydrogen) atoms. The van der Waals surface area contributed by atoms with Gasteiger partial charge in [0.1, 0.15) is 7.28 Å². The normalized spacial score (nSPS) is 13.4. The molecule has 1 atom stereocenters. The first-order chi connectivity index (χ1) is 15.6. The molecule has 175 valence electrons. The third-order valence-corrected chi connectivity index (χ3v) is 7.68. The summed E-state index contributed by atoms with van der Waals surface area (Å²) < 4.78 is 26.7. The maximum absolute atomic E-state index is 12.7. The molecule has 1 unspecified atom stereocenters. The highest BCUT2D eigenvalue weighted by molar-refractivity contribution is 7.88. The molecule has 3 rings (SSSR count). The summed E-state index contributed by atoms with van der Waals surface area (Å²) in [6, 6.07) is 22.2. The van der Waals surface area contributed by atoms with Gasteiger partial charge in [-0.3, -0.25) is 0 Å². The minimum absolute atomic E-state index is 0.0439. The Morgan fingerprint density at radius 3 is 2.30 bits per heavy atom.